The number of carbonyl (C=O) groups is 1. The van der Waals surface area contributed by atoms with Gasteiger partial charge in [0.15, 0.2) is 0 Å². The fourth-order valence-corrected chi connectivity index (χ4v) is 2.87. The van der Waals surface area contributed by atoms with Crippen molar-refractivity contribution in [3.05, 3.63) is 0 Å². The molecule has 1 aliphatic heterocycles. The molecule has 1 heterocycles. The van der Waals surface area contributed by atoms with Crippen molar-refractivity contribution in [1.82, 2.24) is 0 Å². The Morgan fingerprint density at radius 3 is 2.17 bits per heavy atom. The molecule has 0 spiro atoms. The van der Waals surface area contributed by atoms with Crippen LogP contribution in [-0.2, 0) is 9.53 Å². The molecule has 0 aliphatic carbocycles. The average Bonchev–Trinajstić information content (AvgIpc) is 2.35. The minimum Gasteiger partial charge on any atom is -0.462 e. The molecule has 2 heteroatoms. The predicted octanol–water partition coefficient (Wildman–Crippen LogP) is 4.86. The molecule has 1 aliphatic rings. The first kappa shape index (κ1) is 15.5. The molecule has 0 bridgehead atoms. The second-order valence-corrected chi connectivity index (χ2v) is 5.73. The molecule has 1 unspecified atom stereocenters. The maximum Gasteiger partial charge on any atom is 0.306 e. The summed E-state index contributed by atoms with van der Waals surface area (Å²) < 4.78 is 5.56. The van der Waals surface area contributed by atoms with Crippen molar-refractivity contribution in [2.75, 3.05) is 0 Å². The normalized spacial score (nSPS) is 29.3. The Balaban J connectivity index is 2.42. The van der Waals surface area contributed by atoms with Gasteiger partial charge in [-0.1, -0.05) is 51.9 Å². The van der Waals surface area contributed by atoms with Gasteiger partial charge in [0.05, 0.1) is 0 Å². The highest BCUT2D eigenvalue weighted by Gasteiger charge is 2.19. The predicted molar refractivity (Wildman–Crippen MR) is 75.5 cm³/mol. The Bertz CT molecular complexity index is 225. The van der Waals surface area contributed by atoms with Crippen LogP contribution in [0, 0.1) is 5.92 Å². The van der Waals surface area contributed by atoms with Gasteiger partial charge < -0.3 is 4.74 Å². The molecule has 1 fully saturated rings. The third kappa shape index (κ3) is 6.42. The van der Waals surface area contributed by atoms with Crippen molar-refractivity contribution in [1.29, 1.82) is 0 Å². The number of ether oxygens (including phenoxy) is 1. The molecule has 1 rings (SSSR count). The van der Waals surface area contributed by atoms with Crippen LogP contribution in [0.4, 0.5) is 0 Å². The fraction of sp³-hybridized carbons (Fsp3) is 0.938. The quantitative estimate of drug-likeness (QED) is 0.625. The van der Waals surface area contributed by atoms with E-state index in [-0.39, 0.29) is 12.1 Å². The zero-order valence-electron chi connectivity index (χ0n) is 12.2. The highest BCUT2D eigenvalue weighted by Crippen LogP contribution is 2.22. The van der Waals surface area contributed by atoms with E-state index in [0.717, 1.165) is 12.8 Å². The fourth-order valence-electron chi connectivity index (χ4n) is 2.87. The molecular weight excluding hydrogens is 224 g/mol. The van der Waals surface area contributed by atoms with Crippen molar-refractivity contribution >= 4 is 5.97 Å². The molecule has 0 aromatic heterocycles. The summed E-state index contributed by atoms with van der Waals surface area (Å²) in [5.74, 6) is 0.565. The number of hydrogen-bond donors (Lipinski definition) is 0. The van der Waals surface area contributed by atoms with Crippen molar-refractivity contribution in [3.63, 3.8) is 0 Å². The van der Waals surface area contributed by atoms with Crippen LogP contribution in [0.1, 0.15) is 84.5 Å². The van der Waals surface area contributed by atoms with Crippen molar-refractivity contribution in [2.45, 2.75) is 90.6 Å². The van der Waals surface area contributed by atoms with Crippen molar-refractivity contribution < 1.29 is 9.53 Å². The lowest BCUT2D eigenvalue weighted by Gasteiger charge is -2.23. The number of carbonyl (C=O) groups excluding carboxylic acids is 1. The standard InChI is InChI=1S/C16H30O2/c1-3-15-12-10-8-6-4-5-7-9-11-13-16(17)18-14(15)2/h14-15H,3-13H2,1-2H3/t14-,15?/m0/s1. The van der Waals surface area contributed by atoms with E-state index in [4.69, 9.17) is 4.74 Å². The van der Waals surface area contributed by atoms with Gasteiger partial charge in [-0.3, -0.25) is 4.79 Å². The van der Waals surface area contributed by atoms with E-state index in [1.807, 2.05) is 0 Å². The maximum absolute atomic E-state index is 11.7. The van der Waals surface area contributed by atoms with E-state index in [0.29, 0.717) is 12.3 Å². The van der Waals surface area contributed by atoms with E-state index in [2.05, 4.69) is 13.8 Å². The molecule has 0 N–H and O–H groups in total. The van der Waals surface area contributed by atoms with E-state index < -0.39 is 0 Å². The van der Waals surface area contributed by atoms with Gasteiger partial charge in [-0.05, 0) is 32.1 Å². The monoisotopic (exact) mass is 254 g/mol. The largest absolute Gasteiger partial charge is 0.462 e. The molecule has 18 heavy (non-hydrogen) atoms. The highest BCUT2D eigenvalue weighted by atomic mass is 16.5. The summed E-state index contributed by atoms with van der Waals surface area (Å²) in [5.41, 5.74) is 0. The molecule has 0 amide bonds. The van der Waals surface area contributed by atoms with E-state index in [1.165, 1.54) is 51.4 Å². The Hall–Kier alpha value is -0.530. The third-order valence-corrected chi connectivity index (χ3v) is 4.21. The molecule has 106 valence electrons. The van der Waals surface area contributed by atoms with Crippen LogP contribution in [0.2, 0.25) is 0 Å². The number of cyclic esters (lactones) is 1. The first-order chi connectivity index (χ1) is 8.74. The first-order valence-corrected chi connectivity index (χ1v) is 7.93. The second-order valence-electron chi connectivity index (χ2n) is 5.73. The van der Waals surface area contributed by atoms with Crippen LogP contribution in [0.3, 0.4) is 0 Å². The van der Waals surface area contributed by atoms with Gasteiger partial charge in [0, 0.05) is 6.42 Å². The number of rotatable bonds is 1. The van der Waals surface area contributed by atoms with Gasteiger partial charge in [-0.15, -0.1) is 0 Å². The first-order valence-electron chi connectivity index (χ1n) is 7.93. The summed E-state index contributed by atoms with van der Waals surface area (Å²) >= 11 is 0. The topological polar surface area (TPSA) is 26.3 Å². The Morgan fingerprint density at radius 1 is 1.00 bits per heavy atom. The SMILES string of the molecule is CCC1CCCCCCCCCCC(=O)O[C@H]1C. The number of hydrogen-bond acceptors (Lipinski definition) is 2. The minimum atomic E-state index is 0.0120. The molecular formula is C16H30O2. The molecule has 1 saturated heterocycles. The van der Waals surface area contributed by atoms with E-state index >= 15 is 0 Å². The highest BCUT2D eigenvalue weighted by molar-refractivity contribution is 5.69. The molecule has 0 aromatic rings. The minimum absolute atomic E-state index is 0.0120. The summed E-state index contributed by atoms with van der Waals surface area (Å²) in [7, 11) is 0. The summed E-state index contributed by atoms with van der Waals surface area (Å²) in [6, 6.07) is 0. The Kier molecular flexibility index (Phi) is 8.11. The van der Waals surface area contributed by atoms with Crippen molar-refractivity contribution in [2.24, 2.45) is 5.92 Å². The average molecular weight is 254 g/mol. The van der Waals surface area contributed by atoms with Crippen LogP contribution >= 0.6 is 0 Å². The summed E-state index contributed by atoms with van der Waals surface area (Å²) in [6.07, 6.45) is 13.2. The van der Waals surface area contributed by atoms with Gasteiger partial charge in [0.25, 0.3) is 0 Å². The lowest BCUT2D eigenvalue weighted by molar-refractivity contribution is -0.151. The zero-order chi connectivity index (χ0) is 13.2. The van der Waals surface area contributed by atoms with E-state index in [9.17, 15) is 4.79 Å². The van der Waals surface area contributed by atoms with Crippen LogP contribution < -0.4 is 0 Å². The summed E-state index contributed by atoms with van der Waals surface area (Å²) in [4.78, 5) is 11.7. The lowest BCUT2D eigenvalue weighted by atomic mass is 9.93. The summed E-state index contributed by atoms with van der Waals surface area (Å²) in [5, 5.41) is 0. The van der Waals surface area contributed by atoms with Crippen LogP contribution in [0.25, 0.3) is 0 Å². The van der Waals surface area contributed by atoms with Crippen LogP contribution in [-0.4, -0.2) is 12.1 Å². The molecule has 0 radical (unpaired) electrons. The van der Waals surface area contributed by atoms with Crippen LogP contribution in [0.15, 0.2) is 0 Å². The lowest BCUT2D eigenvalue weighted by Crippen LogP contribution is -2.23. The second kappa shape index (κ2) is 9.41. The van der Waals surface area contributed by atoms with Gasteiger partial charge in [-0.25, -0.2) is 0 Å². The Morgan fingerprint density at radius 2 is 1.56 bits per heavy atom. The molecule has 2 nitrogen and oxygen atoms in total. The smallest absolute Gasteiger partial charge is 0.306 e. The number of esters is 1. The van der Waals surface area contributed by atoms with Gasteiger partial charge >= 0.3 is 5.97 Å². The molecule has 2 atom stereocenters. The van der Waals surface area contributed by atoms with Crippen LogP contribution in [0.5, 0.6) is 0 Å². The third-order valence-electron chi connectivity index (χ3n) is 4.21. The Labute approximate surface area is 112 Å². The molecule has 0 aromatic carbocycles. The maximum atomic E-state index is 11.7. The van der Waals surface area contributed by atoms with Gasteiger partial charge in [0.1, 0.15) is 6.10 Å². The van der Waals surface area contributed by atoms with Gasteiger partial charge in [-0.2, -0.15) is 0 Å². The molecule has 0 saturated carbocycles. The van der Waals surface area contributed by atoms with E-state index in [1.54, 1.807) is 0 Å². The summed E-state index contributed by atoms with van der Waals surface area (Å²) in [6.45, 7) is 4.27. The van der Waals surface area contributed by atoms with Gasteiger partial charge in [0.2, 0.25) is 0 Å². The zero-order valence-corrected chi connectivity index (χ0v) is 12.2. The van der Waals surface area contributed by atoms with Crippen molar-refractivity contribution in [3.8, 4) is 0 Å².